The molecule has 0 heterocycles. The van der Waals surface area contributed by atoms with Gasteiger partial charge in [-0.15, -0.1) is 11.6 Å². The van der Waals surface area contributed by atoms with Crippen LogP contribution in [0.5, 0.6) is 0 Å². The molecule has 0 aliphatic heterocycles. The highest BCUT2D eigenvalue weighted by Gasteiger charge is 2.62. The summed E-state index contributed by atoms with van der Waals surface area (Å²) in [5, 5.41) is 0. The first kappa shape index (κ1) is 9.78. The Morgan fingerprint density at radius 2 is 2.08 bits per heavy atom. The molecule has 0 bridgehead atoms. The second-order valence-corrected chi connectivity index (χ2v) is 4.71. The van der Waals surface area contributed by atoms with Crippen LogP contribution in [-0.4, -0.2) is 22.6 Å². The highest BCUT2D eigenvalue weighted by molar-refractivity contribution is 6.37. The minimum atomic E-state index is -1.38. The zero-order valence-electron chi connectivity index (χ0n) is 7.36. The molecular formula is C8H12ClFO2. The Balaban J connectivity index is 2.51. The molecule has 0 spiro atoms. The van der Waals surface area contributed by atoms with Crippen molar-refractivity contribution in [3.05, 3.63) is 0 Å². The van der Waals surface area contributed by atoms with Gasteiger partial charge in [0, 0.05) is 6.42 Å². The fourth-order valence-electron chi connectivity index (χ4n) is 0.776. The van der Waals surface area contributed by atoms with Gasteiger partial charge in [-0.3, -0.25) is 4.79 Å². The quantitative estimate of drug-likeness (QED) is 0.472. The highest BCUT2D eigenvalue weighted by atomic mass is 35.5. The lowest BCUT2D eigenvalue weighted by Gasteiger charge is -2.21. The van der Waals surface area contributed by atoms with Gasteiger partial charge in [0.2, 0.25) is 0 Å². The maximum atomic E-state index is 12.6. The molecule has 0 aromatic carbocycles. The average molecular weight is 195 g/mol. The fourth-order valence-corrected chi connectivity index (χ4v) is 0.950. The van der Waals surface area contributed by atoms with Gasteiger partial charge in [0.25, 0.3) is 0 Å². The molecule has 0 radical (unpaired) electrons. The van der Waals surface area contributed by atoms with Crippen LogP contribution in [0.4, 0.5) is 4.39 Å². The normalized spacial score (nSPS) is 34.6. The molecule has 2 nitrogen and oxygen atoms in total. The number of esters is 1. The SMILES string of the molecule is CC(C)(C)OC(=O)C1(Cl)CC1F. The van der Waals surface area contributed by atoms with Crippen molar-refractivity contribution in [2.24, 2.45) is 0 Å². The van der Waals surface area contributed by atoms with Crippen LogP contribution in [0.2, 0.25) is 0 Å². The molecule has 2 atom stereocenters. The number of ether oxygens (including phenoxy) is 1. The average Bonchev–Trinajstić information content (AvgIpc) is 2.37. The molecule has 0 amide bonds. The molecular weight excluding hydrogens is 183 g/mol. The lowest BCUT2D eigenvalue weighted by molar-refractivity contribution is -0.155. The van der Waals surface area contributed by atoms with Gasteiger partial charge in [-0.1, -0.05) is 0 Å². The molecule has 0 saturated heterocycles. The molecule has 1 fully saturated rings. The number of carbonyl (C=O) groups excluding carboxylic acids is 1. The molecule has 0 aromatic heterocycles. The number of rotatable bonds is 1. The number of halogens is 2. The van der Waals surface area contributed by atoms with Crippen molar-refractivity contribution < 1.29 is 13.9 Å². The first-order valence-electron chi connectivity index (χ1n) is 3.82. The van der Waals surface area contributed by atoms with E-state index in [1.165, 1.54) is 0 Å². The van der Waals surface area contributed by atoms with E-state index in [4.69, 9.17) is 16.3 Å². The van der Waals surface area contributed by atoms with Crippen LogP contribution in [0, 0.1) is 0 Å². The molecule has 1 aliphatic rings. The summed E-state index contributed by atoms with van der Waals surface area (Å²) >= 11 is 5.60. The highest BCUT2D eigenvalue weighted by Crippen LogP contribution is 2.47. The molecule has 4 heteroatoms. The zero-order chi connectivity index (χ0) is 9.57. The summed E-state index contributed by atoms with van der Waals surface area (Å²) < 4.78 is 17.5. The van der Waals surface area contributed by atoms with Gasteiger partial charge in [0.05, 0.1) is 0 Å². The third kappa shape index (κ3) is 1.89. The van der Waals surface area contributed by atoms with Gasteiger partial charge >= 0.3 is 5.97 Å². The van der Waals surface area contributed by atoms with E-state index in [9.17, 15) is 9.18 Å². The van der Waals surface area contributed by atoms with Gasteiger partial charge in [0.15, 0.2) is 4.87 Å². The van der Waals surface area contributed by atoms with Crippen molar-refractivity contribution in [1.82, 2.24) is 0 Å². The Kier molecular flexibility index (Phi) is 2.11. The zero-order valence-corrected chi connectivity index (χ0v) is 8.11. The van der Waals surface area contributed by atoms with Crippen LogP contribution >= 0.6 is 11.6 Å². The summed E-state index contributed by atoms with van der Waals surface area (Å²) in [7, 11) is 0. The van der Waals surface area contributed by atoms with E-state index in [0.29, 0.717) is 0 Å². The largest absolute Gasteiger partial charge is 0.459 e. The number of hydrogen-bond donors (Lipinski definition) is 0. The Morgan fingerprint density at radius 1 is 1.67 bits per heavy atom. The second kappa shape index (κ2) is 2.59. The predicted molar refractivity (Wildman–Crippen MR) is 43.9 cm³/mol. The molecule has 1 aliphatic carbocycles. The van der Waals surface area contributed by atoms with Crippen LogP contribution < -0.4 is 0 Å². The lowest BCUT2D eigenvalue weighted by Crippen LogP contribution is -2.31. The van der Waals surface area contributed by atoms with Gasteiger partial charge < -0.3 is 4.74 Å². The summed E-state index contributed by atoms with van der Waals surface area (Å²) in [6.45, 7) is 5.17. The van der Waals surface area contributed by atoms with Gasteiger partial charge in [-0.25, -0.2) is 4.39 Å². The lowest BCUT2D eigenvalue weighted by atomic mass is 10.2. The smallest absolute Gasteiger partial charge is 0.330 e. The van der Waals surface area contributed by atoms with Crippen LogP contribution in [0.3, 0.4) is 0 Å². The monoisotopic (exact) mass is 194 g/mol. The standard InChI is InChI=1S/C8H12ClFO2/c1-7(2,3)12-6(11)8(9)4-5(8)10/h5H,4H2,1-3H3. The van der Waals surface area contributed by atoms with Crippen molar-refractivity contribution in [2.75, 3.05) is 0 Å². The van der Waals surface area contributed by atoms with Crippen molar-refractivity contribution in [3.8, 4) is 0 Å². The van der Waals surface area contributed by atoms with E-state index in [1.54, 1.807) is 20.8 Å². The van der Waals surface area contributed by atoms with Crippen LogP contribution in [0.1, 0.15) is 27.2 Å². The summed E-state index contributed by atoms with van der Waals surface area (Å²) in [5.74, 6) is -0.649. The molecule has 70 valence electrons. The fraction of sp³-hybridized carbons (Fsp3) is 0.875. The Morgan fingerprint density at radius 3 is 2.33 bits per heavy atom. The summed E-state index contributed by atoms with van der Waals surface area (Å²) in [4.78, 5) is 9.78. The van der Waals surface area contributed by atoms with Gasteiger partial charge in [-0.2, -0.15) is 0 Å². The van der Waals surface area contributed by atoms with E-state index in [2.05, 4.69) is 0 Å². The summed E-state index contributed by atoms with van der Waals surface area (Å²) in [6.07, 6.45) is -1.17. The van der Waals surface area contributed by atoms with Crippen molar-refractivity contribution in [3.63, 3.8) is 0 Å². The second-order valence-electron chi connectivity index (χ2n) is 4.04. The molecule has 1 saturated carbocycles. The predicted octanol–water partition coefficient (Wildman–Crippen LogP) is 2.05. The van der Waals surface area contributed by atoms with E-state index < -0.39 is 22.6 Å². The Hall–Kier alpha value is -0.310. The molecule has 1 rings (SSSR count). The van der Waals surface area contributed by atoms with Crippen molar-refractivity contribution in [2.45, 2.75) is 43.8 Å². The molecule has 0 aromatic rings. The van der Waals surface area contributed by atoms with E-state index in [0.717, 1.165) is 0 Å². The number of alkyl halides is 2. The van der Waals surface area contributed by atoms with Crippen LogP contribution in [0.25, 0.3) is 0 Å². The first-order valence-corrected chi connectivity index (χ1v) is 4.20. The van der Waals surface area contributed by atoms with Crippen LogP contribution in [-0.2, 0) is 9.53 Å². The van der Waals surface area contributed by atoms with E-state index >= 15 is 0 Å². The van der Waals surface area contributed by atoms with Crippen molar-refractivity contribution >= 4 is 17.6 Å². The first-order chi connectivity index (χ1) is 5.26. The topological polar surface area (TPSA) is 26.3 Å². The Bertz CT molecular complexity index is 212. The number of carbonyl (C=O) groups is 1. The minimum Gasteiger partial charge on any atom is -0.459 e. The van der Waals surface area contributed by atoms with Gasteiger partial charge in [-0.05, 0) is 20.8 Å². The van der Waals surface area contributed by atoms with Crippen molar-refractivity contribution in [1.29, 1.82) is 0 Å². The number of hydrogen-bond acceptors (Lipinski definition) is 2. The van der Waals surface area contributed by atoms with E-state index in [1.807, 2.05) is 0 Å². The Labute approximate surface area is 76.0 Å². The third-order valence-corrected chi connectivity index (χ3v) is 2.10. The molecule has 0 N–H and O–H groups in total. The van der Waals surface area contributed by atoms with Gasteiger partial charge in [0.1, 0.15) is 11.8 Å². The summed E-state index contributed by atoms with van der Waals surface area (Å²) in [6, 6.07) is 0. The van der Waals surface area contributed by atoms with Crippen LogP contribution in [0.15, 0.2) is 0 Å². The maximum Gasteiger partial charge on any atom is 0.330 e. The molecule has 2 unspecified atom stereocenters. The third-order valence-electron chi connectivity index (χ3n) is 1.55. The van der Waals surface area contributed by atoms with E-state index in [-0.39, 0.29) is 6.42 Å². The maximum absolute atomic E-state index is 12.6. The minimum absolute atomic E-state index is 0.0729. The summed E-state index contributed by atoms with van der Waals surface area (Å²) in [5.41, 5.74) is -0.596. The molecule has 12 heavy (non-hydrogen) atoms.